The average molecular weight is 413 g/mol. The summed E-state index contributed by atoms with van der Waals surface area (Å²) < 4.78 is 4.93. The van der Waals surface area contributed by atoms with Gasteiger partial charge in [0.25, 0.3) is 0 Å². The van der Waals surface area contributed by atoms with E-state index in [1.807, 2.05) is 0 Å². The molecule has 24 heavy (non-hydrogen) atoms. The number of carbonyl (C=O) groups excluding carboxylic acids is 2. The average Bonchev–Trinajstić information content (AvgIpc) is 2.49. The van der Waals surface area contributed by atoms with Crippen LogP contribution in [0.1, 0.15) is 13.8 Å². The summed E-state index contributed by atoms with van der Waals surface area (Å²) in [5, 5.41) is 0.343. The summed E-state index contributed by atoms with van der Waals surface area (Å²) in [6.07, 6.45) is 0. The number of hydrogen-bond donors (Lipinski definition) is 0. The molecule has 1 rings (SSSR count). The van der Waals surface area contributed by atoms with Crippen LogP contribution in [0.2, 0.25) is 20.1 Å². The van der Waals surface area contributed by atoms with Crippen molar-refractivity contribution in [3.63, 3.8) is 0 Å². The van der Waals surface area contributed by atoms with Gasteiger partial charge in [-0.15, -0.1) is 0 Å². The highest BCUT2D eigenvalue weighted by molar-refractivity contribution is 6.52. The van der Waals surface area contributed by atoms with Crippen molar-refractivity contribution in [2.75, 3.05) is 14.1 Å². The second-order valence-corrected chi connectivity index (χ2v) is 6.49. The summed E-state index contributed by atoms with van der Waals surface area (Å²) >= 11 is 23.1. The summed E-state index contributed by atoms with van der Waals surface area (Å²) in [6.45, 7) is 10.1. The minimum atomic E-state index is -0.614. The molecule has 1 amide bonds. The summed E-state index contributed by atoms with van der Waals surface area (Å²) in [5.74, 6) is -0.574. The van der Waals surface area contributed by atoms with Gasteiger partial charge in [-0.2, -0.15) is 0 Å². The number of carbonyl (C=O) groups is 2. The first-order valence-electron chi connectivity index (χ1n) is 6.47. The Labute approximate surface area is 161 Å². The predicted molar refractivity (Wildman–Crippen MR) is 100 cm³/mol. The maximum Gasteiger partial charge on any atom is 0.338 e. The van der Waals surface area contributed by atoms with Crippen LogP contribution in [0.25, 0.3) is 0 Å². The molecule has 0 saturated heterocycles. The number of halogens is 4. The Morgan fingerprint density at radius 1 is 0.958 bits per heavy atom. The molecular weight excluding hydrogens is 396 g/mol. The smallest absolute Gasteiger partial charge is 0.338 e. The molecule has 0 fully saturated rings. The molecule has 8 heteroatoms. The van der Waals surface area contributed by atoms with Gasteiger partial charge in [-0.3, -0.25) is 4.79 Å². The fourth-order valence-electron chi connectivity index (χ4n) is 1.19. The zero-order valence-corrected chi connectivity index (χ0v) is 16.7. The Hall–Kier alpha value is -1.20. The zero-order chi connectivity index (χ0) is 19.2. The first-order chi connectivity index (χ1) is 10.9. The molecule has 0 bridgehead atoms. The van der Waals surface area contributed by atoms with Crippen LogP contribution < -0.4 is 4.74 Å². The van der Waals surface area contributed by atoms with Crippen molar-refractivity contribution < 1.29 is 14.3 Å². The summed E-state index contributed by atoms with van der Waals surface area (Å²) in [5.41, 5.74) is 0.813. The van der Waals surface area contributed by atoms with Crippen molar-refractivity contribution in [3.05, 3.63) is 50.5 Å². The maximum atomic E-state index is 11.3. The minimum Gasteiger partial charge on any atom is -0.421 e. The molecule has 0 spiro atoms. The zero-order valence-electron chi connectivity index (χ0n) is 13.7. The molecule has 1 aromatic carbocycles. The second kappa shape index (κ2) is 9.94. The molecule has 0 aliphatic rings. The predicted octanol–water partition coefficient (Wildman–Crippen LogP) is 5.43. The number of nitrogens with zero attached hydrogens (tertiary/aromatic N) is 1. The Kier molecular flexibility index (Phi) is 9.45. The third-order valence-corrected chi connectivity index (χ3v) is 4.13. The van der Waals surface area contributed by atoms with Crippen LogP contribution in [-0.2, 0) is 9.59 Å². The van der Waals surface area contributed by atoms with Gasteiger partial charge in [-0.25, -0.2) is 4.79 Å². The van der Waals surface area contributed by atoms with Crippen molar-refractivity contribution in [1.82, 2.24) is 4.90 Å². The van der Waals surface area contributed by atoms with Crippen molar-refractivity contribution in [2.45, 2.75) is 13.8 Å². The number of ether oxygens (including phenoxy) is 1. The number of rotatable bonds is 3. The normalized spacial score (nSPS) is 9.50. The van der Waals surface area contributed by atoms with Gasteiger partial charge in [-0.1, -0.05) is 59.6 Å². The second-order valence-electron chi connectivity index (χ2n) is 4.95. The molecule has 132 valence electrons. The molecule has 4 nitrogen and oxygen atoms in total. The van der Waals surface area contributed by atoms with E-state index in [1.165, 1.54) is 17.9 Å². The highest BCUT2D eigenvalue weighted by Crippen LogP contribution is 2.42. The maximum absolute atomic E-state index is 11.3. The minimum absolute atomic E-state index is 0.00926. The van der Waals surface area contributed by atoms with Gasteiger partial charge in [0.1, 0.15) is 5.02 Å². The lowest BCUT2D eigenvalue weighted by molar-refractivity contribution is -0.130. The highest BCUT2D eigenvalue weighted by atomic mass is 35.5. The summed E-state index contributed by atoms with van der Waals surface area (Å²) in [7, 11) is 3.41. The Bertz CT molecular complexity index is 684. The lowest BCUT2D eigenvalue weighted by atomic mass is 10.3. The van der Waals surface area contributed by atoms with Crippen LogP contribution in [0.15, 0.2) is 30.4 Å². The van der Waals surface area contributed by atoms with E-state index in [2.05, 4.69) is 13.2 Å². The number of esters is 1. The van der Waals surface area contributed by atoms with E-state index in [9.17, 15) is 9.59 Å². The molecule has 0 radical (unpaired) electrons. The molecule has 0 aromatic heterocycles. The van der Waals surface area contributed by atoms with Crippen LogP contribution in [0.3, 0.4) is 0 Å². The van der Waals surface area contributed by atoms with Crippen LogP contribution >= 0.6 is 46.4 Å². The van der Waals surface area contributed by atoms with E-state index >= 15 is 0 Å². The summed E-state index contributed by atoms with van der Waals surface area (Å²) in [4.78, 5) is 23.4. The lowest BCUT2D eigenvalue weighted by Gasteiger charge is -2.09. The molecule has 0 unspecified atom stereocenters. The van der Waals surface area contributed by atoms with Gasteiger partial charge in [0.2, 0.25) is 5.91 Å². The number of likely N-dealkylation sites (N-methyl/N-ethyl adjacent to an activating group) is 1. The van der Waals surface area contributed by atoms with Crippen LogP contribution in [0, 0.1) is 0 Å². The van der Waals surface area contributed by atoms with Crippen molar-refractivity contribution in [3.8, 4) is 5.75 Å². The first-order valence-corrected chi connectivity index (χ1v) is 7.99. The fourth-order valence-corrected chi connectivity index (χ4v) is 2.02. The van der Waals surface area contributed by atoms with Gasteiger partial charge in [0.15, 0.2) is 5.75 Å². The number of benzene rings is 1. The van der Waals surface area contributed by atoms with Gasteiger partial charge < -0.3 is 9.64 Å². The molecule has 0 aliphatic carbocycles. The van der Waals surface area contributed by atoms with E-state index in [0.717, 1.165) is 0 Å². The quantitative estimate of drug-likeness (QED) is 0.218. The van der Waals surface area contributed by atoms with E-state index in [0.29, 0.717) is 5.57 Å². The Morgan fingerprint density at radius 3 is 1.79 bits per heavy atom. The van der Waals surface area contributed by atoms with Crippen molar-refractivity contribution in [2.24, 2.45) is 0 Å². The van der Waals surface area contributed by atoms with Gasteiger partial charge in [0, 0.05) is 31.3 Å². The molecular formula is C16H17Cl4NO3. The van der Waals surface area contributed by atoms with Crippen LogP contribution in [0.4, 0.5) is 0 Å². The lowest BCUT2D eigenvalue weighted by Crippen LogP contribution is -2.21. The van der Waals surface area contributed by atoms with Crippen molar-refractivity contribution >= 4 is 58.3 Å². The third kappa shape index (κ3) is 6.73. The number of hydrogen-bond acceptors (Lipinski definition) is 3. The van der Waals surface area contributed by atoms with Gasteiger partial charge in [0.05, 0.1) is 15.1 Å². The summed E-state index contributed by atoms with van der Waals surface area (Å²) in [6, 6.07) is 1.32. The number of amides is 1. The largest absolute Gasteiger partial charge is 0.421 e. The van der Waals surface area contributed by atoms with E-state index < -0.39 is 5.97 Å². The monoisotopic (exact) mass is 411 g/mol. The Morgan fingerprint density at radius 2 is 1.46 bits per heavy atom. The molecule has 1 aromatic rings. The van der Waals surface area contributed by atoms with Gasteiger partial charge >= 0.3 is 5.97 Å². The van der Waals surface area contributed by atoms with Gasteiger partial charge in [-0.05, 0) is 13.8 Å². The molecule has 0 saturated carbocycles. The van der Waals surface area contributed by atoms with E-state index in [4.69, 9.17) is 51.1 Å². The highest BCUT2D eigenvalue weighted by Gasteiger charge is 2.16. The molecule has 0 N–H and O–H groups in total. The first kappa shape index (κ1) is 22.8. The molecule has 0 atom stereocenters. The van der Waals surface area contributed by atoms with E-state index in [1.54, 1.807) is 21.0 Å². The van der Waals surface area contributed by atoms with Crippen LogP contribution in [-0.4, -0.2) is 30.9 Å². The Balaban J connectivity index is 0.000000561. The topological polar surface area (TPSA) is 46.6 Å². The SMILES string of the molecule is C=C(C)C(=O)N(C)C.C=C(C)C(=O)Oc1cc(Cl)c(Cl)c(Cl)c1Cl. The molecule has 0 heterocycles. The standard InChI is InChI=1S/C10H6Cl4O2.C6H11NO/c1-4(2)10(15)16-6-3-5(11)7(12)9(14)8(6)13;1-5(2)6(8)7(3)4/h3H,1H2,2H3;1H2,2-4H3. The molecule has 0 aliphatic heterocycles. The van der Waals surface area contributed by atoms with Crippen molar-refractivity contribution in [1.29, 1.82) is 0 Å². The van der Waals surface area contributed by atoms with E-state index in [-0.39, 0.29) is 37.3 Å². The van der Waals surface area contributed by atoms with Crippen LogP contribution in [0.5, 0.6) is 5.75 Å². The fraction of sp³-hybridized carbons (Fsp3) is 0.250. The third-order valence-electron chi connectivity index (χ3n) is 2.39.